The van der Waals surface area contributed by atoms with Crippen LogP contribution >= 0.6 is 0 Å². The molecule has 29 heavy (non-hydrogen) atoms. The van der Waals surface area contributed by atoms with Gasteiger partial charge in [-0.1, -0.05) is 6.92 Å². The third-order valence-electron chi connectivity index (χ3n) is 5.48. The zero-order valence-electron chi connectivity index (χ0n) is 17.2. The van der Waals surface area contributed by atoms with E-state index in [1.807, 2.05) is 32.2 Å². The van der Waals surface area contributed by atoms with E-state index in [4.69, 9.17) is 9.47 Å². The molecule has 1 aromatic carbocycles. The summed E-state index contributed by atoms with van der Waals surface area (Å²) in [4.78, 5) is 7.61. The number of nitrogens with zero attached hydrogens (tertiary/aromatic N) is 1. The van der Waals surface area contributed by atoms with E-state index < -0.39 is 0 Å². The largest absolute Gasteiger partial charge is 0.492 e. The molecule has 0 bridgehead atoms. The molecular weight excluding hydrogens is 369 g/mol. The molecule has 1 fully saturated rings. The third-order valence-corrected chi connectivity index (χ3v) is 5.48. The number of aromatic amines is 1. The number of pyridine rings is 1. The van der Waals surface area contributed by atoms with Crippen LogP contribution in [0.5, 0.6) is 11.5 Å². The Balaban J connectivity index is 1.69. The molecule has 5 nitrogen and oxygen atoms in total. The quantitative estimate of drug-likeness (QED) is 0.620. The van der Waals surface area contributed by atoms with Crippen molar-refractivity contribution in [3.05, 3.63) is 42.5 Å². The lowest BCUT2D eigenvalue weighted by Gasteiger charge is -2.33. The van der Waals surface area contributed by atoms with Crippen LogP contribution in [-0.2, 0) is 0 Å². The maximum Gasteiger partial charge on any atom is 0.141 e. The molecule has 0 aliphatic carbocycles. The summed E-state index contributed by atoms with van der Waals surface area (Å²) >= 11 is 0. The first-order valence-corrected chi connectivity index (χ1v) is 10.2. The zero-order valence-corrected chi connectivity index (χ0v) is 17.2. The van der Waals surface area contributed by atoms with Crippen molar-refractivity contribution < 1.29 is 13.9 Å². The van der Waals surface area contributed by atoms with E-state index in [-0.39, 0.29) is 17.3 Å². The van der Waals surface area contributed by atoms with Crippen molar-refractivity contribution in [1.29, 1.82) is 0 Å². The molecule has 0 spiro atoms. The van der Waals surface area contributed by atoms with Gasteiger partial charge in [0.25, 0.3) is 0 Å². The highest BCUT2D eigenvalue weighted by Crippen LogP contribution is 2.37. The van der Waals surface area contributed by atoms with Crippen molar-refractivity contribution in [1.82, 2.24) is 15.3 Å². The maximum atomic E-state index is 14.3. The lowest BCUT2D eigenvalue weighted by Crippen LogP contribution is -2.38. The number of halogens is 1. The van der Waals surface area contributed by atoms with Crippen LogP contribution in [0.15, 0.2) is 36.7 Å². The summed E-state index contributed by atoms with van der Waals surface area (Å²) in [7, 11) is 0. The molecule has 0 unspecified atom stereocenters. The Labute approximate surface area is 170 Å². The van der Waals surface area contributed by atoms with E-state index in [0.29, 0.717) is 12.4 Å². The fourth-order valence-electron chi connectivity index (χ4n) is 3.86. The van der Waals surface area contributed by atoms with Gasteiger partial charge in [0.05, 0.1) is 18.1 Å². The fourth-order valence-corrected chi connectivity index (χ4v) is 3.86. The molecule has 154 valence electrons. The van der Waals surface area contributed by atoms with Gasteiger partial charge in [0.1, 0.15) is 23.0 Å². The molecule has 1 aliphatic heterocycles. The second-order valence-electron chi connectivity index (χ2n) is 8.43. The summed E-state index contributed by atoms with van der Waals surface area (Å²) in [5, 5.41) is 4.27. The van der Waals surface area contributed by atoms with Gasteiger partial charge in [-0.3, -0.25) is 0 Å². The normalized spacial score (nSPS) is 16.3. The van der Waals surface area contributed by atoms with Crippen LogP contribution in [0.4, 0.5) is 4.39 Å². The van der Waals surface area contributed by atoms with Crippen LogP contribution in [-0.4, -0.2) is 35.8 Å². The highest BCUT2D eigenvalue weighted by Gasteiger charge is 2.28. The van der Waals surface area contributed by atoms with Gasteiger partial charge < -0.3 is 19.8 Å². The van der Waals surface area contributed by atoms with Crippen molar-refractivity contribution in [2.75, 3.05) is 19.7 Å². The number of ether oxygens (including phenoxy) is 2. The Morgan fingerprint density at radius 2 is 2.00 bits per heavy atom. The first-order chi connectivity index (χ1) is 13.9. The topological polar surface area (TPSA) is 59.2 Å². The van der Waals surface area contributed by atoms with Gasteiger partial charge >= 0.3 is 0 Å². The lowest BCUT2D eigenvalue weighted by atomic mass is 9.82. The van der Waals surface area contributed by atoms with Gasteiger partial charge in [0.2, 0.25) is 0 Å². The predicted molar refractivity (Wildman–Crippen MR) is 113 cm³/mol. The summed E-state index contributed by atoms with van der Waals surface area (Å²) in [6.07, 6.45) is 5.73. The number of H-pyrrole nitrogens is 1. The van der Waals surface area contributed by atoms with E-state index in [0.717, 1.165) is 53.8 Å². The summed E-state index contributed by atoms with van der Waals surface area (Å²) in [6, 6.07) is 6.66. The molecule has 0 radical (unpaired) electrons. The van der Waals surface area contributed by atoms with Crippen LogP contribution < -0.4 is 14.8 Å². The number of rotatable bonds is 6. The summed E-state index contributed by atoms with van der Waals surface area (Å²) in [6.45, 7) is 8.79. The number of hydrogen-bond acceptors (Lipinski definition) is 4. The molecule has 4 rings (SSSR count). The first kappa shape index (κ1) is 19.7. The van der Waals surface area contributed by atoms with E-state index in [1.54, 1.807) is 6.20 Å². The number of hydrogen-bond donors (Lipinski definition) is 2. The smallest absolute Gasteiger partial charge is 0.141 e. The molecule has 6 heteroatoms. The molecular formula is C23H28FN3O2. The minimum atomic E-state index is -0.332. The fraction of sp³-hybridized carbons (Fsp3) is 0.435. The molecule has 2 aromatic heterocycles. The standard InChI is InChI=1S/C23H28FN3O2/c1-15(2)29-18-11-16(10-17(24)12-18)19-13-27-22-21(19)20(4-7-26-22)28-14-23(3)5-8-25-9-6-23/h4,7,10-13,15,25H,5-6,8-9,14H2,1-3H3,(H,26,27). The highest BCUT2D eigenvalue weighted by atomic mass is 19.1. The Hall–Kier alpha value is -2.60. The predicted octanol–water partition coefficient (Wildman–Crippen LogP) is 4.92. The van der Waals surface area contributed by atoms with Crippen LogP contribution in [0.25, 0.3) is 22.2 Å². The van der Waals surface area contributed by atoms with E-state index in [2.05, 4.69) is 22.2 Å². The molecule has 0 saturated carbocycles. The van der Waals surface area contributed by atoms with Crippen molar-refractivity contribution in [2.45, 2.75) is 39.7 Å². The molecule has 3 heterocycles. The number of nitrogens with one attached hydrogen (secondary N) is 2. The average molecular weight is 397 g/mol. The van der Waals surface area contributed by atoms with Crippen molar-refractivity contribution >= 4 is 11.0 Å². The Kier molecular flexibility index (Phi) is 5.46. The number of benzene rings is 1. The molecule has 0 atom stereocenters. The number of piperidine rings is 1. The Morgan fingerprint density at radius 3 is 2.76 bits per heavy atom. The zero-order chi connectivity index (χ0) is 20.4. The summed E-state index contributed by atoms with van der Waals surface area (Å²) in [5.74, 6) is 0.945. The third kappa shape index (κ3) is 4.37. The summed E-state index contributed by atoms with van der Waals surface area (Å²) < 4.78 is 26.3. The summed E-state index contributed by atoms with van der Waals surface area (Å²) in [5.41, 5.74) is 2.46. The van der Waals surface area contributed by atoms with Gasteiger partial charge in [0, 0.05) is 29.4 Å². The van der Waals surface area contributed by atoms with E-state index in [1.165, 1.54) is 12.1 Å². The molecule has 0 amide bonds. The van der Waals surface area contributed by atoms with Gasteiger partial charge in [-0.05, 0) is 63.5 Å². The lowest BCUT2D eigenvalue weighted by molar-refractivity contribution is 0.124. The van der Waals surface area contributed by atoms with Crippen LogP contribution in [0.2, 0.25) is 0 Å². The number of aromatic nitrogens is 2. The highest BCUT2D eigenvalue weighted by molar-refractivity contribution is 5.98. The van der Waals surface area contributed by atoms with Crippen molar-refractivity contribution in [3.63, 3.8) is 0 Å². The van der Waals surface area contributed by atoms with Gasteiger partial charge in [-0.25, -0.2) is 9.37 Å². The average Bonchev–Trinajstić information content (AvgIpc) is 3.11. The molecule has 1 aliphatic rings. The van der Waals surface area contributed by atoms with Crippen molar-refractivity contribution in [3.8, 4) is 22.6 Å². The minimum Gasteiger partial charge on any atom is -0.492 e. The molecule has 1 saturated heterocycles. The van der Waals surface area contributed by atoms with Crippen LogP contribution in [0, 0.1) is 11.2 Å². The van der Waals surface area contributed by atoms with E-state index in [9.17, 15) is 4.39 Å². The van der Waals surface area contributed by atoms with Gasteiger partial charge in [-0.15, -0.1) is 0 Å². The minimum absolute atomic E-state index is 0.0288. The Morgan fingerprint density at radius 1 is 1.21 bits per heavy atom. The van der Waals surface area contributed by atoms with Gasteiger partial charge in [0.15, 0.2) is 0 Å². The van der Waals surface area contributed by atoms with Crippen LogP contribution in [0.3, 0.4) is 0 Å². The number of fused-ring (bicyclic) bond motifs is 1. The van der Waals surface area contributed by atoms with Gasteiger partial charge in [-0.2, -0.15) is 0 Å². The maximum absolute atomic E-state index is 14.3. The first-order valence-electron chi connectivity index (χ1n) is 10.2. The molecule has 3 aromatic rings. The van der Waals surface area contributed by atoms with E-state index >= 15 is 0 Å². The second-order valence-corrected chi connectivity index (χ2v) is 8.43. The van der Waals surface area contributed by atoms with Crippen LogP contribution in [0.1, 0.15) is 33.6 Å². The monoisotopic (exact) mass is 397 g/mol. The second kappa shape index (κ2) is 8.03. The Bertz CT molecular complexity index is 993. The molecule has 2 N–H and O–H groups in total. The van der Waals surface area contributed by atoms with Crippen molar-refractivity contribution in [2.24, 2.45) is 5.41 Å². The SMILES string of the molecule is CC(C)Oc1cc(F)cc(-c2c[nH]c3nccc(OCC4(C)CCNCC4)c23)c1.